The lowest BCUT2D eigenvalue weighted by Gasteiger charge is -2.32. The summed E-state index contributed by atoms with van der Waals surface area (Å²) in [6.07, 6.45) is 7.60. The monoisotopic (exact) mass is 511 g/mol. The molecule has 1 aliphatic carbocycles. The van der Waals surface area contributed by atoms with Gasteiger partial charge in [0.1, 0.15) is 11.6 Å². The van der Waals surface area contributed by atoms with E-state index in [0.717, 1.165) is 82.1 Å². The van der Waals surface area contributed by atoms with Crippen LogP contribution in [0.25, 0.3) is 0 Å². The Labute approximate surface area is 219 Å². The zero-order valence-corrected chi connectivity index (χ0v) is 21.8. The van der Waals surface area contributed by atoms with E-state index in [4.69, 9.17) is 0 Å². The van der Waals surface area contributed by atoms with Crippen LogP contribution in [0.5, 0.6) is 0 Å². The van der Waals surface area contributed by atoms with Gasteiger partial charge in [-0.3, -0.25) is 9.59 Å². The SMILES string of the molecule is CCCC(=O)Nc1cc(C2CCN(CCCNC(=O)C3(c4ccc(F)cc4)CCCC3)CC2)ccc1F. The number of nitrogens with one attached hydrogen (secondary N) is 2. The average Bonchev–Trinajstić information content (AvgIpc) is 3.40. The molecule has 2 aromatic rings. The molecule has 2 aromatic carbocycles. The Kier molecular flexibility index (Phi) is 9.30. The minimum absolute atomic E-state index is 0.0634. The van der Waals surface area contributed by atoms with Crippen molar-refractivity contribution < 1.29 is 18.4 Å². The van der Waals surface area contributed by atoms with Crippen LogP contribution in [0.3, 0.4) is 0 Å². The number of amides is 2. The normalized spacial score (nSPS) is 18.0. The Hall–Kier alpha value is -2.80. The molecule has 200 valence electrons. The van der Waals surface area contributed by atoms with Gasteiger partial charge in [0.15, 0.2) is 0 Å². The van der Waals surface area contributed by atoms with Gasteiger partial charge in [0.25, 0.3) is 0 Å². The summed E-state index contributed by atoms with van der Waals surface area (Å²) in [5.41, 5.74) is 1.73. The van der Waals surface area contributed by atoms with Gasteiger partial charge in [-0.15, -0.1) is 0 Å². The van der Waals surface area contributed by atoms with Crippen LogP contribution in [0, 0.1) is 11.6 Å². The lowest BCUT2D eigenvalue weighted by Crippen LogP contribution is -2.43. The van der Waals surface area contributed by atoms with E-state index in [0.29, 0.717) is 18.9 Å². The zero-order valence-electron chi connectivity index (χ0n) is 21.8. The molecule has 0 aromatic heterocycles. The standard InChI is InChI=1S/C30H39F2N3O2/c1-2-6-28(36)34-27-21-23(7-12-26(27)32)22-13-19-35(20-14-22)18-5-17-33-29(37)30(15-3-4-16-30)24-8-10-25(31)11-9-24/h7-12,21-22H,2-6,13-20H2,1H3,(H,33,37)(H,34,36). The highest BCUT2D eigenvalue weighted by molar-refractivity contribution is 5.91. The van der Waals surface area contributed by atoms with Crippen molar-refractivity contribution in [3.05, 3.63) is 65.2 Å². The molecule has 0 unspecified atom stereocenters. The highest BCUT2D eigenvalue weighted by atomic mass is 19.1. The van der Waals surface area contributed by atoms with E-state index in [1.807, 2.05) is 13.0 Å². The molecular weight excluding hydrogens is 472 g/mol. The molecule has 1 saturated carbocycles. The highest BCUT2D eigenvalue weighted by Crippen LogP contribution is 2.41. The molecule has 37 heavy (non-hydrogen) atoms. The fraction of sp³-hybridized carbons (Fsp3) is 0.533. The summed E-state index contributed by atoms with van der Waals surface area (Å²) in [6.45, 7) is 5.37. The van der Waals surface area contributed by atoms with Crippen molar-refractivity contribution in [1.82, 2.24) is 10.2 Å². The maximum absolute atomic E-state index is 14.2. The Balaban J connectivity index is 1.22. The van der Waals surface area contributed by atoms with Crippen molar-refractivity contribution in [2.24, 2.45) is 0 Å². The van der Waals surface area contributed by atoms with Crippen molar-refractivity contribution in [2.45, 2.75) is 76.0 Å². The molecule has 0 radical (unpaired) electrons. The first-order valence-electron chi connectivity index (χ1n) is 13.8. The maximum Gasteiger partial charge on any atom is 0.230 e. The summed E-state index contributed by atoms with van der Waals surface area (Å²) in [5.74, 6) is -0.423. The Bertz CT molecular complexity index is 1060. The third-order valence-electron chi connectivity index (χ3n) is 8.03. The van der Waals surface area contributed by atoms with Crippen LogP contribution in [-0.4, -0.2) is 42.9 Å². The topological polar surface area (TPSA) is 61.4 Å². The van der Waals surface area contributed by atoms with Gasteiger partial charge in [0, 0.05) is 13.0 Å². The molecular formula is C30H39F2N3O2. The molecule has 2 N–H and O–H groups in total. The predicted molar refractivity (Wildman–Crippen MR) is 143 cm³/mol. The van der Waals surface area contributed by atoms with Crippen LogP contribution >= 0.6 is 0 Å². The van der Waals surface area contributed by atoms with Crippen molar-refractivity contribution in [2.75, 3.05) is 31.5 Å². The molecule has 1 heterocycles. The molecule has 2 fully saturated rings. The number of carbonyl (C=O) groups is 2. The largest absolute Gasteiger partial charge is 0.355 e. The van der Waals surface area contributed by atoms with Gasteiger partial charge < -0.3 is 15.5 Å². The minimum atomic E-state index is -0.532. The van der Waals surface area contributed by atoms with E-state index >= 15 is 0 Å². The van der Waals surface area contributed by atoms with Gasteiger partial charge >= 0.3 is 0 Å². The van der Waals surface area contributed by atoms with E-state index in [2.05, 4.69) is 15.5 Å². The number of halogens is 2. The summed E-state index contributed by atoms with van der Waals surface area (Å²) in [5, 5.41) is 5.86. The van der Waals surface area contributed by atoms with Gasteiger partial charge in [-0.05, 0) is 99.5 Å². The minimum Gasteiger partial charge on any atom is -0.355 e. The number of piperidine rings is 1. The highest BCUT2D eigenvalue weighted by Gasteiger charge is 2.42. The van der Waals surface area contributed by atoms with Crippen molar-refractivity contribution in [3.63, 3.8) is 0 Å². The first kappa shape index (κ1) is 27.2. The van der Waals surface area contributed by atoms with E-state index < -0.39 is 11.2 Å². The zero-order chi connectivity index (χ0) is 26.3. The second kappa shape index (κ2) is 12.6. The number of carbonyl (C=O) groups excluding carboxylic acids is 2. The molecule has 7 heteroatoms. The first-order chi connectivity index (χ1) is 17.9. The van der Waals surface area contributed by atoms with Crippen LogP contribution in [0.2, 0.25) is 0 Å². The Morgan fingerprint density at radius 3 is 2.41 bits per heavy atom. The summed E-state index contributed by atoms with van der Waals surface area (Å²) in [7, 11) is 0. The second-order valence-corrected chi connectivity index (χ2v) is 10.6. The predicted octanol–water partition coefficient (Wildman–Crippen LogP) is 5.90. The third-order valence-corrected chi connectivity index (χ3v) is 8.03. The maximum atomic E-state index is 14.2. The number of likely N-dealkylation sites (tertiary alicyclic amines) is 1. The van der Waals surface area contributed by atoms with Gasteiger partial charge in [0.05, 0.1) is 11.1 Å². The van der Waals surface area contributed by atoms with Crippen molar-refractivity contribution in [3.8, 4) is 0 Å². The van der Waals surface area contributed by atoms with E-state index in [-0.39, 0.29) is 23.3 Å². The van der Waals surface area contributed by atoms with Gasteiger partial charge in [-0.2, -0.15) is 0 Å². The van der Waals surface area contributed by atoms with Crippen LogP contribution < -0.4 is 10.6 Å². The average molecular weight is 512 g/mol. The Morgan fingerprint density at radius 2 is 1.73 bits per heavy atom. The molecule has 5 nitrogen and oxygen atoms in total. The smallest absolute Gasteiger partial charge is 0.230 e. The molecule has 1 aliphatic heterocycles. The van der Waals surface area contributed by atoms with Crippen LogP contribution in [0.15, 0.2) is 42.5 Å². The van der Waals surface area contributed by atoms with Crippen molar-refractivity contribution in [1.29, 1.82) is 0 Å². The molecule has 4 rings (SSSR count). The number of benzene rings is 2. The molecule has 0 spiro atoms. The lowest BCUT2D eigenvalue weighted by atomic mass is 9.78. The lowest BCUT2D eigenvalue weighted by molar-refractivity contribution is -0.126. The third kappa shape index (κ3) is 6.75. The van der Waals surface area contributed by atoms with Crippen LogP contribution in [0.1, 0.15) is 81.8 Å². The fourth-order valence-corrected chi connectivity index (χ4v) is 5.89. The van der Waals surface area contributed by atoms with Crippen LogP contribution in [0.4, 0.5) is 14.5 Å². The molecule has 2 amide bonds. The van der Waals surface area contributed by atoms with Gasteiger partial charge in [0.2, 0.25) is 11.8 Å². The van der Waals surface area contributed by atoms with Crippen molar-refractivity contribution >= 4 is 17.5 Å². The number of hydrogen-bond acceptors (Lipinski definition) is 3. The summed E-state index contributed by atoms with van der Waals surface area (Å²) >= 11 is 0. The number of anilines is 1. The Morgan fingerprint density at radius 1 is 1.03 bits per heavy atom. The summed E-state index contributed by atoms with van der Waals surface area (Å²) in [6, 6.07) is 11.5. The number of hydrogen-bond donors (Lipinski definition) is 2. The van der Waals surface area contributed by atoms with E-state index in [9.17, 15) is 18.4 Å². The fourth-order valence-electron chi connectivity index (χ4n) is 5.89. The molecule has 0 atom stereocenters. The molecule has 0 bridgehead atoms. The van der Waals surface area contributed by atoms with Gasteiger partial charge in [-0.25, -0.2) is 8.78 Å². The molecule has 2 aliphatic rings. The summed E-state index contributed by atoms with van der Waals surface area (Å²) in [4.78, 5) is 27.5. The summed E-state index contributed by atoms with van der Waals surface area (Å²) < 4.78 is 27.6. The second-order valence-electron chi connectivity index (χ2n) is 10.6. The van der Waals surface area contributed by atoms with E-state index in [1.165, 1.54) is 18.2 Å². The molecule has 1 saturated heterocycles. The number of nitrogens with zero attached hydrogens (tertiary/aromatic N) is 1. The van der Waals surface area contributed by atoms with E-state index in [1.54, 1.807) is 18.2 Å². The number of rotatable bonds is 10. The first-order valence-corrected chi connectivity index (χ1v) is 13.8. The van der Waals surface area contributed by atoms with Gasteiger partial charge in [-0.1, -0.05) is 38.0 Å². The quantitative estimate of drug-likeness (QED) is 0.391. The van der Waals surface area contributed by atoms with Crippen LogP contribution in [-0.2, 0) is 15.0 Å².